The lowest BCUT2D eigenvalue weighted by molar-refractivity contribution is -0.114. The molecule has 1 aliphatic rings. The maximum atomic E-state index is 13.3. The molecule has 31 heavy (non-hydrogen) atoms. The zero-order chi connectivity index (χ0) is 22.8. The van der Waals surface area contributed by atoms with E-state index in [1.54, 1.807) is 37.3 Å². The molecule has 2 heterocycles. The van der Waals surface area contributed by atoms with Crippen molar-refractivity contribution in [1.29, 1.82) is 0 Å². The molecule has 0 saturated heterocycles. The quantitative estimate of drug-likeness (QED) is 0.660. The smallest absolute Gasteiger partial charge is 0.257 e. The van der Waals surface area contributed by atoms with Gasteiger partial charge in [-0.3, -0.25) is 9.59 Å². The highest BCUT2D eigenvalue weighted by molar-refractivity contribution is 7.90. The van der Waals surface area contributed by atoms with E-state index in [1.165, 1.54) is 18.9 Å². The lowest BCUT2D eigenvalue weighted by Gasteiger charge is -2.27. The number of benzene rings is 1. The summed E-state index contributed by atoms with van der Waals surface area (Å²) in [4.78, 5) is 30.8. The second kappa shape index (κ2) is 8.93. The molecule has 10 heteroatoms. The zero-order valence-corrected chi connectivity index (χ0v) is 18.7. The summed E-state index contributed by atoms with van der Waals surface area (Å²) in [5.74, 6) is -0.349. The summed E-state index contributed by atoms with van der Waals surface area (Å²) in [5, 5.41) is 2.67. The first kappa shape index (κ1) is 22.5. The van der Waals surface area contributed by atoms with Crippen molar-refractivity contribution in [3.63, 3.8) is 0 Å². The van der Waals surface area contributed by atoms with Gasteiger partial charge in [0.1, 0.15) is 9.84 Å². The van der Waals surface area contributed by atoms with Crippen molar-refractivity contribution in [2.45, 2.75) is 26.4 Å². The largest absolute Gasteiger partial charge is 0.491 e. The molecule has 1 aliphatic heterocycles. The van der Waals surface area contributed by atoms with Crippen LogP contribution in [-0.4, -0.2) is 55.8 Å². The van der Waals surface area contributed by atoms with Crippen molar-refractivity contribution in [3.8, 4) is 11.6 Å². The van der Waals surface area contributed by atoms with E-state index in [4.69, 9.17) is 9.47 Å². The van der Waals surface area contributed by atoms with E-state index in [2.05, 4.69) is 10.3 Å². The van der Waals surface area contributed by atoms with E-state index < -0.39 is 15.9 Å². The van der Waals surface area contributed by atoms with Gasteiger partial charge in [-0.2, -0.15) is 0 Å². The Balaban J connectivity index is 2.06. The summed E-state index contributed by atoms with van der Waals surface area (Å²) in [5.41, 5.74) is 1.83. The molecular formula is C21H25N3O6S. The molecule has 0 bridgehead atoms. The number of fused-ring (bicyclic) bond motifs is 1. The van der Waals surface area contributed by atoms with Crippen LogP contribution in [0.1, 0.15) is 41.5 Å². The Labute approximate surface area is 181 Å². The van der Waals surface area contributed by atoms with E-state index in [9.17, 15) is 18.0 Å². The van der Waals surface area contributed by atoms with Crippen LogP contribution >= 0.6 is 0 Å². The summed E-state index contributed by atoms with van der Waals surface area (Å²) in [6, 6.07) is 7.59. The molecule has 166 valence electrons. The Bertz CT molecular complexity index is 1120. The third kappa shape index (κ3) is 4.96. The number of carbonyl (C=O) groups excluding carboxylic acids is 2. The number of methoxy groups -OCH3 is 1. The Morgan fingerprint density at radius 2 is 2.03 bits per heavy atom. The van der Waals surface area contributed by atoms with Crippen molar-refractivity contribution in [3.05, 3.63) is 47.2 Å². The number of ether oxygens (including phenoxy) is 2. The van der Waals surface area contributed by atoms with Crippen LogP contribution in [0.25, 0.3) is 0 Å². The van der Waals surface area contributed by atoms with Crippen LogP contribution < -0.4 is 14.8 Å². The monoisotopic (exact) mass is 447 g/mol. The van der Waals surface area contributed by atoms with E-state index in [-0.39, 0.29) is 30.0 Å². The molecule has 1 unspecified atom stereocenters. The van der Waals surface area contributed by atoms with Gasteiger partial charge in [-0.15, -0.1) is 0 Å². The average Bonchev–Trinajstić information content (AvgIpc) is 3.03. The number of nitrogens with zero attached hydrogens (tertiary/aromatic N) is 2. The standard InChI is InChI=1S/C21H25N3O6S/c1-5-30-20-18(29-3)10-9-15(23-20)17(12-31(4,27)28)24-11-14-7-6-8-16(22-13(2)25)19(14)21(24)26/h6-10,17H,5,11-12H2,1-4H3,(H,22,25). The van der Waals surface area contributed by atoms with Crippen molar-refractivity contribution in [2.24, 2.45) is 0 Å². The third-order valence-corrected chi connectivity index (χ3v) is 5.72. The van der Waals surface area contributed by atoms with Gasteiger partial charge in [-0.25, -0.2) is 13.4 Å². The minimum atomic E-state index is -3.47. The van der Waals surface area contributed by atoms with Crippen molar-refractivity contribution >= 4 is 27.3 Å². The number of pyridine rings is 1. The Kier molecular flexibility index (Phi) is 6.49. The normalized spacial score (nSPS) is 14.2. The molecule has 0 fully saturated rings. The van der Waals surface area contributed by atoms with Crippen LogP contribution in [0, 0.1) is 0 Å². The highest BCUT2D eigenvalue weighted by atomic mass is 32.2. The van der Waals surface area contributed by atoms with Crippen molar-refractivity contribution in [2.75, 3.05) is 31.0 Å². The first-order chi connectivity index (χ1) is 14.6. The summed E-state index contributed by atoms with van der Waals surface area (Å²) >= 11 is 0. The van der Waals surface area contributed by atoms with E-state index in [1.807, 2.05) is 0 Å². The van der Waals surface area contributed by atoms with Gasteiger partial charge in [0.15, 0.2) is 5.75 Å². The molecular weight excluding hydrogens is 422 g/mol. The molecule has 0 aliphatic carbocycles. The Hall–Kier alpha value is -3.14. The highest BCUT2D eigenvalue weighted by Crippen LogP contribution is 2.37. The maximum absolute atomic E-state index is 13.3. The van der Waals surface area contributed by atoms with Crippen LogP contribution in [0.4, 0.5) is 5.69 Å². The van der Waals surface area contributed by atoms with Crippen molar-refractivity contribution in [1.82, 2.24) is 9.88 Å². The lowest BCUT2D eigenvalue weighted by atomic mass is 10.1. The first-order valence-corrected chi connectivity index (χ1v) is 11.8. The van der Waals surface area contributed by atoms with E-state index in [0.717, 1.165) is 6.26 Å². The highest BCUT2D eigenvalue weighted by Gasteiger charge is 2.37. The fourth-order valence-electron chi connectivity index (χ4n) is 3.57. The third-order valence-electron chi connectivity index (χ3n) is 4.80. The maximum Gasteiger partial charge on any atom is 0.257 e. The van der Waals surface area contributed by atoms with Crippen LogP contribution in [0.2, 0.25) is 0 Å². The van der Waals surface area contributed by atoms with Gasteiger partial charge in [0.2, 0.25) is 5.91 Å². The number of carbonyl (C=O) groups is 2. The van der Waals surface area contributed by atoms with Gasteiger partial charge < -0.3 is 19.7 Å². The summed E-state index contributed by atoms with van der Waals surface area (Å²) < 4.78 is 35.2. The molecule has 0 spiro atoms. The molecule has 1 aromatic heterocycles. The lowest BCUT2D eigenvalue weighted by Crippen LogP contribution is -2.34. The second-order valence-electron chi connectivity index (χ2n) is 7.24. The number of rotatable bonds is 8. The van der Waals surface area contributed by atoms with Gasteiger partial charge >= 0.3 is 0 Å². The molecule has 2 amide bonds. The van der Waals surface area contributed by atoms with E-state index >= 15 is 0 Å². The zero-order valence-electron chi connectivity index (χ0n) is 17.8. The minimum Gasteiger partial charge on any atom is -0.491 e. The number of anilines is 1. The van der Waals surface area contributed by atoms with Crippen LogP contribution in [0.5, 0.6) is 11.6 Å². The average molecular weight is 448 g/mol. The van der Waals surface area contributed by atoms with Crippen LogP contribution in [0.3, 0.4) is 0 Å². The second-order valence-corrected chi connectivity index (χ2v) is 9.42. The number of hydrogen-bond acceptors (Lipinski definition) is 7. The number of amides is 2. The number of nitrogens with one attached hydrogen (secondary N) is 1. The fraction of sp³-hybridized carbons (Fsp3) is 0.381. The molecule has 3 rings (SSSR count). The van der Waals surface area contributed by atoms with Gasteiger partial charge in [0.05, 0.1) is 42.5 Å². The van der Waals surface area contributed by atoms with Crippen molar-refractivity contribution < 1.29 is 27.5 Å². The molecule has 2 aromatic rings. The Morgan fingerprint density at radius 1 is 1.29 bits per heavy atom. The molecule has 0 saturated carbocycles. The molecule has 1 aromatic carbocycles. The first-order valence-electron chi connectivity index (χ1n) is 9.70. The summed E-state index contributed by atoms with van der Waals surface area (Å²) in [7, 11) is -1.98. The SMILES string of the molecule is CCOc1nc(C(CS(C)(=O)=O)N2Cc3cccc(NC(C)=O)c3C2=O)ccc1OC. The fourth-order valence-corrected chi connectivity index (χ4v) is 4.50. The summed E-state index contributed by atoms with van der Waals surface area (Å²) in [6.45, 7) is 3.70. The molecule has 9 nitrogen and oxygen atoms in total. The molecule has 1 atom stereocenters. The van der Waals surface area contributed by atoms with Gasteiger partial charge in [-0.05, 0) is 30.7 Å². The number of aromatic nitrogens is 1. The van der Waals surface area contributed by atoms with Gasteiger partial charge in [0, 0.05) is 19.7 Å². The molecule has 1 N–H and O–H groups in total. The Morgan fingerprint density at radius 3 is 2.65 bits per heavy atom. The van der Waals surface area contributed by atoms with Gasteiger partial charge in [0.25, 0.3) is 11.8 Å². The predicted molar refractivity (Wildman–Crippen MR) is 115 cm³/mol. The van der Waals surface area contributed by atoms with Crippen LogP contribution in [-0.2, 0) is 21.2 Å². The van der Waals surface area contributed by atoms with Crippen LogP contribution in [0.15, 0.2) is 30.3 Å². The van der Waals surface area contributed by atoms with E-state index in [0.29, 0.717) is 34.9 Å². The minimum absolute atomic E-state index is 0.194. The number of sulfone groups is 1. The van der Waals surface area contributed by atoms with Gasteiger partial charge in [-0.1, -0.05) is 12.1 Å². The topological polar surface area (TPSA) is 115 Å². The summed E-state index contributed by atoms with van der Waals surface area (Å²) in [6.07, 6.45) is 1.11. The predicted octanol–water partition coefficient (Wildman–Crippen LogP) is 2.19. The number of hydrogen-bond donors (Lipinski definition) is 1. The molecule has 0 radical (unpaired) electrons.